The Morgan fingerprint density at radius 3 is 2.61 bits per heavy atom. The molecule has 2 aliphatic rings. The first-order valence-electron chi connectivity index (χ1n) is 13.8. The van der Waals surface area contributed by atoms with Gasteiger partial charge in [-0.15, -0.1) is 0 Å². The predicted octanol–water partition coefficient (Wildman–Crippen LogP) is 4.49. The van der Waals surface area contributed by atoms with Gasteiger partial charge in [-0.2, -0.15) is 5.06 Å². The minimum Gasteiger partial charge on any atom is -0.395 e. The average molecular weight is 561 g/mol. The number of nitrogens with one attached hydrogen (secondary N) is 1. The number of carbonyl (C=O) groups excluding carboxylic acids is 3. The molecule has 0 aromatic heterocycles. The number of nitrogens with zero attached hydrogens (tertiary/aromatic N) is 3. The molecule has 0 spiro atoms. The number of hydroxylamine groups is 1. The van der Waals surface area contributed by atoms with E-state index >= 15 is 0 Å². The second kappa shape index (κ2) is 12.4. The van der Waals surface area contributed by atoms with E-state index in [2.05, 4.69) is 11.4 Å². The first-order chi connectivity index (χ1) is 19.9. The van der Waals surface area contributed by atoms with Gasteiger partial charge in [-0.05, 0) is 73.2 Å². The van der Waals surface area contributed by atoms with E-state index in [4.69, 9.17) is 4.84 Å². The molecule has 0 saturated heterocycles. The van der Waals surface area contributed by atoms with Crippen molar-refractivity contribution >= 4 is 35.0 Å². The van der Waals surface area contributed by atoms with Gasteiger partial charge >= 0.3 is 6.09 Å². The van der Waals surface area contributed by atoms with Crippen LogP contribution in [0.15, 0.2) is 60.7 Å². The summed E-state index contributed by atoms with van der Waals surface area (Å²) in [7, 11) is 0. The molecule has 0 radical (unpaired) electrons. The molecule has 3 amide bonds. The van der Waals surface area contributed by atoms with E-state index < -0.39 is 11.9 Å². The molecule has 3 aromatic carbocycles. The van der Waals surface area contributed by atoms with Crippen molar-refractivity contribution in [3.05, 3.63) is 88.7 Å². The highest BCUT2D eigenvalue weighted by atomic mass is 19.1. The van der Waals surface area contributed by atoms with Crippen molar-refractivity contribution in [2.24, 2.45) is 0 Å². The quantitative estimate of drug-likeness (QED) is 0.461. The Bertz CT molecular complexity index is 1460. The van der Waals surface area contributed by atoms with Gasteiger partial charge in [0.2, 0.25) is 5.91 Å². The van der Waals surface area contributed by atoms with Crippen LogP contribution >= 0.6 is 0 Å². The Hall–Kier alpha value is -4.44. The molecule has 0 saturated carbocycles. The maximum Gasteiger partial charge on any atom is 0.431 e. The minimum absolute atomic E-state index is 0.00261. The fourth-order valence-corrected chi connectivity index (χ4v) is 5.37. The second-order valence-electron chi connectivity index (χ2n) is 10.1. The van der Waals surface area contributed by atoms with Gasteiger partial charge in [-0.1, -0.05) is 30.3 Å². The number of hydrogen-bond donors (Lipinski definition) is 2. The first-order valence-corrected chi connectivity index (χ1v) is 13.8. The van der Waals surface area contributed by atoms with E-state index in [1.807, 2.05) is 36.1 Å². The summed E-state index contributed by atoms with van der Waals surface area (Å²) in [6.07, 6.45) is 2.07. The van der Waals surface area contributed by atoms with E-state index in [0.717, 1.165) is 41.1 Å². The third-order valence-corrected chi connectivity index (χ3v) is 7.47. The lowest BCUT2D eigenvalue weighted by Crippen LogP contribution is -2.35. The molecule has 0 fully saturated rings. The normalized spacial score (nSPS) is 15.0. The van der Waals surface area contributed by atoms with E-state index in [0.29, 0.717) is 12.1 Å². The molecule has 0 unspecified atom stereocenters. The maximum absolute atomic E-state index is 14.9. The summed E-state index contributed by atoms with van der Waals surface area (Å²) in [5.41, 5.74) is 4.49. The Kier molecular flexibility index (Phi) is 8.49. The van der Waals surface area contributed by atoms with Crippen LogP contribution in [-0.2, 0) is 22.6 Å². The van der Waals surface area contributed by atoms with Crippen LogP contribution in [0.25, 0.3) is 0 Å². The van der Waals surface area contributed by atoms with E-state index in [1.165, 1.54) is 22.6 Å². The van der Waals surface area contributed by atoms with Crippen LogP contribution in [0.1, 0.15) is 46.3 Å². The molecule has 2 heterocycles. The summed E-state index contributed by atoms with van der Waals surface area (Å²) >= 11 is 0. The molecular weight excluding hydrogens is 527 g/mol. The van der Waals surface area contributed by atoms with Crippen molar-refractivity contribution < 1.29 is 28.7 Å². The summed E-state index contributed by atoms with van der Waals surface area (Å²) in [5, 5.41) is 13.1. The molecule has 9 nitrogen and oxygen atoms in total. The van der Waals surface area contributed by atoms with Gasteiger partial charge in [-0.3, -0.25) is 9.59 Å². The number of aryl methyl sites for hydroxylation is 2. The Balaban J connectivity index is 1.26. The predicted molar refractivity (Wildman–Crippen MR) is 153 cm³/mol. The molecule has 3 aromatic rings. The molecule has 2 N–H and O–H groups in total. The largest absolute Gasteiger partial charge is 0.431 e. The number of hydrogen-bond acceptors (Lipinski definition) is 6. The van der Waals surface area contributed by atoms with Crippen LogP contribution in [0.2, 0.25) is 0 Å². The van der Waals surface area contributed by atoms with Gasteiger partial charge in [0.15, 0.2) is 5.82 Å². The lowest BCUT2D eigenvalue weighted by atomic mass is 10.0. The zero-order valence-electron chi connectivity index (χ0n) is 22.9. The highest BCUT2D eigenvalue weighted by Crippen LogP contribution is 2.35. The number of anilines is 3. The smallest absolute Gasteiger partial charge is 0.395 e. The Labute approximate surface area is 238 Å². The van der Waals surface area contributed by atoms with Gasteiger partial charge in [0.1, 0.15) is 5.69 Å². The fraction of sp³-hybridized carbons (Fsp3) is 0.323. The van der Waals surface area contributed by atoms with E-state index in [9.17, 15) is 23.9 Å². The first kappa shape index (κ1) is 28.1. The molecule has 214 valence electrons. The second-order valence-corrected chi connectivity index (χ2v) is 10.1. The number of carbonyl (C=O) groups is 3. The molecule has 0 atom stereocenters. The number of amides is 3. The minimum atomic E-state index is -0.817. The summed E-state index contributed by atoms with van der Waals surface area (Å²) in [6, 6.07) is 17.6. The van der Waals surface area contributed by atoms with Crippen LogP contribution in [-0.4, -0.2) is 49.3 Å². The van der Waals surface area contributed by atoms with Crippen LogP contribution in [0.3, 0.4) is 0 Å². The van der Waals surface area contributed by atoms with Crippen LogP contribution in [0.4, 0.5) is 26.2 Å². The highest BCUT2D eigenvalue weighted by molar-refractivity contribution is 6.06. The maximum atomic E-state index is 14.9. The lowest BCUT2D eigenvalue weighted by Gasteiger charge is -2.25. The summed E-state index contributed by atoms with van der Waals surface area (Å²) in [5.74, 6) is -1.03. The average Bonchev–Trinajstić information content (AvgIpc) is 3.26. The van der Waals surface area contributed by atoms with E-state index in [1.54, 1.807) is 18.2 Å². The Morgan fingerprint density at radius 1 is 1.00 bits per heavy atom. The van der Waals surface area contributed by atoms with Crippen molar-refractivity contribution in [1.29, 1.82) is 0 Å². The van der Waals surface area contributed by atoms with Crippen LogP contribution in [0.5, 0.6) is 0 Å². The number of β-amino-alcohol motifs (C(OH)–C–C–N with tert-alkyl or cyclic N) is 1. The molecule has 5 rings (SSSR count). The Morgan fingerprint density at radius 2 is 1.80 bits per heavy atom. The van der Waals surface area contributed by atoms with Gasteiger partial charge in [0.25, 0.3) is 5.91 Å². The van der Waals surface area contributed by atoms with Crippen molar-refractivity contribution in [3.63, 3.8) is 0 Å². The number of fused-ring (bicyclic) bond motifs is 2. The third-order valence-electron chi connectivity index (χ3n) is 7.47. The molecule has 10 heteroatoms. The van der Waals surface area contributed by atoms with Gasteiger partial charge in [0.05, 0.1) is 18.8 Å². The van der Waals surface area contributed by atoms with Crippen LogP contribution < -0.4 is 20.2 Å². The molecule has 0 bridgehead atoms. The summed E-state index contributed by atoms with van der Waals surface area (Å²) < 4.78 is 14.9. The zero-order valence-corrected chi connectivity index (χ0v) is 22.9. The molecule has 2 aliphatic heterocycles. The fourth-order valence-electron chi connectivity index (χ4n) is 5.37. The number of aliphatic hydroxyl groups is 1. The van der Waals surface area contributed by atoms with Crippen molar-refractivity contribution in [1.82, 2.24) is 5.32 Å². The highest BCUT2D eigenvalue weighted by Gasteiger charge is 2.30. The standard InChI is InChI=1S/C31H33FN4O5/c1-21-19-23(30(39)35-15-5-4-8-22-7-2-3-10-26(22)35)12-13-24(21)20-33-31(40)41-36-16-14-28(38)34(17-18-37)27-11-6-9-25(32)29(27)36/h2-3,6-7,9-13,19,37H,4-5,8,14-18,20H2,1H3,(H,33,40). The summed E-state index contributed by atoms with van der Waals surface area (Å²) in [4.78, 5) is 47.4. The third kappa shape index (κ3) is 6.02. The number of aliphatic hydroxyl groups excluding tert-OH is 1. The van der Waals surface area contributed by atoms with Gasteiger partial charge in [-0.25, -0.2) is 9.18 Å². The number of halogens is 1. The monoisotopic (exact) mass is 560 g/mol. The topological polar surface area (TPSA) is 102 Å². The SMILES string of the molecule is Cc1cc(C(=O)N2CCCCc3ccccc32)ccc1CNC(=O)ON1CCC(=O)N(CCO)c2cccc(F)c21. The van der Waals surface area contributed by atoms with Crippen molar-refractivity contribution in [2.45, 2.75) is 39.2 Å². The summed E-state index contributed by atoms with van der Waals surface area (Å²) in [6.45, 7) is 2.32. The molecular formula is C31H33FN4O5. The molecule has 0 aliphatic carbocycles. The zero-order chi connectivity index (χ0) is 28.9. The molecule has 41 heavy (non-hydrogen) atoms. The van der Waals surface area contributed by atoms with Gasteiger partial charge < -0.3 is 25.1 Å². The van der Waals surface area contributed by atoms with Crippen LogP contribution in [0, 0.1) is 12.7 Å². The van der Waals surface area contributed by atoms with Gasteiger partial charge in [0, 0.05) is 37.3 Å². The number of para-hydroxylation sites is 2. The number of rotatable bonds is 6. The van der Waals surface area contributed by atoms with Crippen molar-refractivity contribution in [3.8, 4) is 0 Å². The van der Waals surface area contributed by atoms with Crippen molar-refractivity contribution in [2.75, 3.05) is 41.1 Å². The van der Waals surface area contributed by atoms with E-state index in [-0.39, 0.29) is 55.9 Å². The lowest BCUT2D eigenvalue weighted by molar-refractivity contribution is -0.118. The number of benzene rings is 3.